The Balaban J connectivity index is 1.50. The number of esters is 1. The number of phenolic OH excluding ortho intramolecular Hbond substituents is 4. The van der Waals surface area contributed by atoms with Gasteiger partial charge in [0.15, 0.2) is 29.7 Å². The van der Waals surface area contributed by atoms with E-state index in [4.69, 9.17) is 28.8 Å². The van der Waals surface area contributed by atoms with Gasteiger partial charge in [0.2, 0.25) is 6.29 Å². The van der Waals surface area contributed by atoms with Gasteiger partial charge in [-0.3, -0.25) is 9.59 Å². The molecule has 0 bridgehead atoms. The molecule has 0 spiro atoms. The number of carbonyl (C=O) groups is 2. The third-order valence-electron chi connectivity index (χ3n) is 7.61. The molecule has 3 heterocycles. The van der Waals surface area contributed by atoms with Crippen molar-refractivity contribution in [2.75, 3.05) is 13.2 Å². The molecule has 0 amide bonds. The number of fused-ring (bicyclic) bond motifs is 1. The van der Waals surface area contributed by atoms with E-state index in [-0.39, 0.29) is 28.4 Å². The van der Waals surface area contributed by atoms with Crippen LogP contribution >= 0.6 is 0 Å². The Kier molecular flexibility index (Phi) is 9.94. The fourth-order valence-corrected chi connectivity index (χ4v) is 5.16. The van der Waals surface area contributed by atoms with E-state index in [2.05, 4.69) is 4.74 Å². The average Bonchev–Trinajstić information content (AvgIpc) is 3.01. The number of aliphatic hydroxyl groups is 6. The molecule has 1 unspecified atom stereocenters. The van der Waals surface area contributed by atoms with E-state index in [1.807, 2.05) is 0 Å². The summed E-state index contributed by atoms with van der Waals surface area (Å²) in [6.07, 6.45) is -16.5. The van der Waals surface area contributed by atoms with Gasteiger partial charge in [-0.25, -0.2) is 0 Å². The van der Waals surface area contributed by atoms with Gasteiger partial charge in [0.25, 0.3) is 11.9 Å². The van der Waals surface area contributed by atoms with E-state index >= 15 is 0 Å². The molecule has 2 saturated heterocycles. The molecule has 3 aliphatic rings. The highest BCUT2D eigenvalue weighted by Crippen LogP contribution is 2.46. The standard InChI is InChI=1S/C29H32O18/c30-11-4-14(32)12-6-18(26(44-17(12)5-11)10-1-2-13(31)15(33)3-10)45-29-27(47-28-25(41)22(38)16(34)8-43-28)24(40)23(39)19(46-29)9-42-21(37)7-20(35)36/h1-6,16,19,22-34,38-41H,7-9H2,(H,35,36)/p+1/t16-,19+,22-,23+,24+,25-,26?,27-,28+,29+/m0/s1. The summed E-state index contributed by atoms with van der Waals surface area (Å²) in [4.78, 5) is 22.7. The minimum absolute atomic E-state index is 0.0632. The number of carboxylic acid groups (broad SMARTS) is 1. The Labute approximate surface area is 264 Å². The molecule has 11 N–H and O–H groups in total. The van der Waals surface area contributed by atoms with Gasteiger partial charge < -0.3 is 79.5 Å². The highest BCUT2D eigenvalue weighted by Gasteiger charge is 2.51. The first-order chi connectivity index (χ1) is 22.2. The van der Waals surface area contributed by atoms with Crippen molar-refractivity contribution in [3.8, 4) is 28.7 Å². The zero-order valence-electron chi connectivity index (χ0n) is 24.1. The maximum atomic E-state index is 11.9. The summed E-state index contributed by atoms with van der Waals surface area (Å²) in [6.45, 7) is -1.24. The van der Waals surface area contributed by atoms with Gasteiger partial charge in [0.1, 0.15) is 66.7 Å². The molecule has 10 atom stereocenters. The van der Waals surface area contributed by atoms with Crippen molar-refractivity contribution >= 4 is 18.0 Å². The van der Waals surface area contributed by atoms with E-state index < -0.39 is 110 Å². The molecule has 18 nitrogen and oxygen atoms in total. The number of phenols is 4. The molecule has 0 radical (unpaired) electrons. The van der Waals surface area contributed by atoms with Crippen LogP contribution in [0, 0.1) is 0 Å². The molecule has 47 heavy (non-hydrogen) atoms. The molecule has 2 aromatic rings. The van der Waals surface area contributed by atoms with Crippen molar-refractivity contribution in [2.24, 2.45) is 0 Å². The number of benzene rings is 2. The number of aromatic hydroxyl groups is 5. The molecule has 3 aliphatic heterocycles. The smallest absolute Gasteiger partial charge is 0.317 e. The average molecular weight is 670 g/mol. The van der Waals surface area contributed by atoms with Gasteiger partial charge in [0.05, 0.1) is 18.2 Å². The van der Waals surface area contributed by atoms with Crippen molar-refractivity contribution < 1.29 is 89.1 Å². The molecule has 0 aliphatic carbocycles. The molecule has 0 saturated carbocycles. The van der Waals surface area contributed by atoms with Crippen molar-refractivity contribution in [1.29, 1.82) is 0 Å². The lowest BCUT2D eigenvalue weighted by Gasteiger charge is -2.45. The van der Waals surface area contributed by atoms with Crippen LogP contribution in [-0.2, 0) is 33.3 Å². The zero-order chi connectivity index (χ0) is 34.2. The summed E-state index contributed by atoms with van der Waals surface area (Å²) < 4.78 is 32.3. The third-order valence-corrected chi connectivity index (χ3v) is 7.61. The van der Waals surface area contributed by atoms with Gasteiger partial charge in [-0.05, 0) is 18.2 Å². The number of rotatable bonds is 9. The molecule has 5 rings (SSSR count). The number of aliphatic carboxylic acids is 1. The van der Waals surface area contributed by atoms with Crippen LogP contribution in [0.1, 0.15) is 23.7 Å². The summed E-state index contributed by atoms with van der Waals surface area (Å²) in [5.74, 6) is -4.43. The summed E-state index contributed by atoms with van der Waals surface area (Å²) in [6, 6.07) is 5.97. The van der Waals surface area contributed by atoms with Crippen molar-refractivity contribution in [3.05, 3.63) is 47.2 Å². The van der Waals surface area contributed by atoms with E-state index in [0.29, 0.717) is 0 Å². The lowest BCUT2D eigenvalue weighted by molar-refractivity contribution is -0.353. The fourth-order valence-electron chi connectivity index (χ4n) is 5.16. The number of carboxylic acids is 1. The maximum absolute atomic E-state index is 11.9. The van der Waals surface area contributed by atoms with Gasteiger partial charge in [-0.1, -0.05) is 0 Å². The van der Waals surface area contributed by atoms with Crippen LogP contribution in [-0.4, -0.2) is 136 Å². The Morgan fingerprint density at radius 1 is 0.872 bits per heavy atom. The van der Waals surface area contributed by atoms with Gasteiger partial charge in [-0.2, -0.15) is 0 Å². The van der Waals surface area contributed by atoms with Crippen molar-refractivity contribution in [2.45, 2.75) is 67.8 Å². The topological polar surface area (TPSA) is 295 Å². The quantitative estimate of drug-likeness (QED) is 0.0606. The second-order valence-corrected chi connectivity index (χ2v) is 11.0. The highest BCUT2D eigenvalue weighted by atomic mass is 16.8. The van der Waals surface area contributed by atoms with Gasteiger partial charge >= 0.3 is 11.9 Å². The number of aliphatic hydroxyl groups excluding tert-OH is 5. The van der Waals surface area contributed by atoms with Crippen LogP contribution in [0.15, 0.2) is 36.1 Å². The Hall–Kier alpha value is -4.40. The SMILES string of the molecule is O=C(O)CC(=O)OC[C@H]1O[C@@H](OC2=Cc3c(O)cc(O)cc3[OH+]C2c2ccc(O)c(O)c2)[C@@H](O[C@H]2OC[C@H](O)[C@H](O)[C@@H]2O)[C@H](O)[C@@H]1O. The first-order valence-corrected chi connectivity index (χ1v) is 14.1. The van der Waals surface area contributed by atoms with E-state index in [9.17, 15) is 55.5 Å². The Morgan fingerprint density at radius 2 is 1.62 bits per heavy atom. The summed E-state index contributed by atoms with van der Waals surface area (Å²) in [5.41, 5.74) is 0.282. The predicted octanol–water partition coefficient (Wildman–Crippen LogP) is -1.85. The second kappa shape index (κ2) is 13.8. The van der Waals surface area contributed by atoms with E-state index in [1.54, 1.807) is 0 Å². The third kappa shape index (κ3) is 7.29. The van der Waals surface area contributed by atoms with Crippen LogP contribution in [0.5, 0.6) is 28.7 Å². The van der Waals surface area contributed by atoms with E-state index in [0.717, 1.165) is 12.1 Å². The number of hydrogen-bond acceptors (Lipinski definition) is 16. The van der Waals surface area contributed by atoms with Crippen LogP contribution in [0.3, 0.4) is 0 Å². The van der Waals surface area contributed by atoms with Gasteiger partial charge in [0, 0.05) is 12.1 Å². The van der Waals surface area contributed by atoms with Crippen molar-refractivity contribution in [3.63, 3.8) is 0 Å². The van der Waals surface area contributed by atoms with Crippen molar-refractivity contribution in [1.82, 2.24) is 0 Å². The van der Waals surface area contributed by atoms with Crippen LogP contribution in [0.4, 0.5) is 0 Å². The minimum Gasteiger partial charge on any atom is -0.571 e. The van der Waals surface area contributed by atoms with Crippen LogP contribution in [0.25, 0.3) is 6.08 Å². The summed E-state index contributed by atoms with van der Waals surface area (Å²) in [7, 11) is 0. The summed E-state index contributed by atoms with van der Waals surface area (Å²) in [5, 5.41) is 102. The minimum atomic E-state index is -1.94. The number of ether oxygens (including phenoxy) is 6. The monoisotopic (exact) mass is 669 g/mol. The van der Waals surface area contributed by atoms with E-state index in [1.165, 1.54) is 24.3 Å². The largest absolute Gasteiger partial charge is 0.571 e. The maximum Gasteiger partial charge on any atom is 0.317 e. The molecule has 2 fully saturated rings. The van der Waals surface area contributed by atoms with Crippen LogP contribution in [0.2, 0.25) is 0 Å². The zero-order valence-corrected chi connectivity index (χ0v) is 24.1. The Bertz CT molecular complexity index is 1510. The van der Waals surface area contributed by atoms with Gasteiger partial charge in [-0.15, -0.1) is 0 Å². The number of hydrogen-bond donors (Lipinski definition) is 10. The lowest BCUT2D eigenvalue weighted by Crippen LogP contribution is -2.63. The molecule has 0 aromatic heterocycles. The lowest BCUT2D eigenvalue weighted by atomic mass is 9.97. The van der Waals surface area contributed by atoms with Crippen LogP contribution < -0.4 is 0 Å². The molecule has 2 aromatic carbocycles. The predicted molar refractivity (Wildman–Crippen MR) is 150 cm³/mol. The highest BCUT2D eigenvalue weighted by molar-refractivity contribution is 5.90. The first kappa shape index (κ1) is 33.9. The second-order valence-electron chi connectivity index (χ2n) is 11.0. The summed E-state index contributed by atoms with van der Waals surface area (Å²) >= 11 is 0. The molecule has 256 valence electrons. The first-order valence-electron chi connectivity index (χ1n) is 14.1. The molecule has 18 heteroatoms. The number of carbonyl (C=O) groups excluding carboxylic acids is 1. The molecular formula is C29H33O18+. The normalized spacial score (nSPS) is 32.0. The molecular weight excluding hydrogens is 636 g/mol. The fraction of sp³-hybridized carbons (Fsp3) is 0.448. The Morgan fingerprint density at radius 3 is 2.32 bits per heavy atom.